The van der Waals surface area contributed by atoms with Crippen molar-refractivity contribution in [1.82, 2.24) is 19.8 Å². The van der Waals surface area contributed by atoms with Crippen LogP contribution in [0.2, 0.25) is 0 Å². The van der Waals surface area contributed by atoms with E-state index in [9.17, 15) is 9.90 Å². The van der Waals surface area contributed by atoms with E-state index in [2.05, 4.69) is 15.3 Å². The number of nitrogens with zero attached hydrogens (tertiary/aromatic N) is 4. The summed E-state index contributed by atoms with van der Waals surface area (Å²) in [6, 6.07) is 0. The summed E-state index contributed by atoms with van der Waals surface area (Å²) in [6.07, 6.45) is 1.93. The van der Waals surface area contributed by atoms with Gasteiger partial charge in [-0.15, -0.1) is 10.2 Å². The Hall–Kier alpha value is -1.50. The van der Waals surface area contributed by atoms with Crippen molar-refractivity contribution in [1.29, 1.82) is 0 Å². The van der Waals surface area contributed by atoms with Crippen molar-refractivity contribution in [3.05, 3.63) is 11.3 Å². The monoisotopic (exact) mass is 254 g/mol. The molecular formula is C10H14N4O2S. The number of carboxylic acid groups (broad SMARTS) is 1. The summed E-state index contributed by atoms with van der Waals surface area (Å²) in [7, 11) is 0. The minimum atomic E-state index is -0.802. The summed E-state index contributed by atoms with van der Waals surface area (Å²) >= 11 is 1.38. The van der Waals surface area contributed by atoms with Crippen LogP contribution < -0.4 is 0 Å². The van der Waals surface area contributed by atoms with Crippen molar-refractivity contribution < 1.29 is 9.90 Å². The number of fused-ring (bicyclic) bond motifs is 1. The van der Waals surface area contributed by atoms with Gasteiger partial charge in [-0.1, -0.05) is 25.2 Å². The first-order valence-corrected chi connectivity index (χ1v) is 6.14. The Balaban J connectivity index is 2.30. The first-order valence-electron chi connectivity index (χ1n) is 5.32. The number of aliphatic carboxylic acids is 1. The Morgan fingerprint density at radius 2 is 2.35 bits per heavy atom. The molecule has 0 saturated carbocycles. The Morgan fingerprint density at radius 3 is 2.88 bits per heavy atom. The van der Waals surface area contributed by atoms with E-state index in [0.717, 1.165) is 5.01 Å². The number of aromatic nitrogens is 4. The molecule has 6 nitrogen and oxygen atoms in total. The first kappa shape index (κ1) is 12.0. The van der Waals surface area contributed by atoms with Gasteiger partial charge in [-0.25, -0.2) is 0 Å². The number of hydrogen-bond acceptors (Lipinski definition) is 5. The zero-order valence-electron chi connectivity index (χ0n) is 9.91. The van der Waals surface area contributed by atoms with E-state index < -0.39 is 11.4 Å². The summed E-state index contributed by atoms with van der Waals surface area (Å²) in [5.74, 6) is -0.757. The Bertz CT molecular complexity index is 519. The molecule has 1 N–H and O–H groups in total. The van der Waals surface area contributed by atoms with Gasteiger partial charge in [-0.05, 0) is 12.8 Å². The molecule has 0 aromatic carbocycles. The second-order valence-corrected chi connectivity index (χ2v) is 5.65. The lowest BCUT2D eigenvalue weighted by Gasteiger charge is -2.27. The molecule has 0 radical (unpaired) electrons. The van der Waals surface area contributed by atoms with E-state index in [0.29, 0.717) is 11.4 Å². The lowest BCUT2D eigenvalue weighted by Crippen LogP contribution is -2.35. The average Bonchev–Trinajstić information content (AvgIpc) is 2.76. The van der Waals surface area contributed by atoms with Crippen molar-refractivity contribution >= 4 is 22.3 Å². The van der Waals surface area contributed by atoms with Crippen molar-refractivity contribution in [3.63, 3.8) is 0 Å². The number of carbonyl (C=O) groups is 1. The highest BCUT2D eigenvalue weighted by Crippen LogP contribution is 2.32. The molecule has 0 aliphatic carbocycles. The summed E-state index contributed by atoms with van der Waals surface area (Å²) in [5.41, 5.74) is -0.802. The highest BCUT2D eigenvalue weighted by Gasteiger charge is 2.37. The lowest BCUT2D eigenvalue weighted by molar-refractivity contribution is -0.150. The summed E-state index contributed by atoms with van der Waals surface area (Å²) < 4.78 is 1.57. The average molecular weight is 254 g/mol. The normalized spacial score (nSPS) is 15.3. The van der Waals surface area contributed by atoms with E-state index in [1.807, 2.05) is 13.8 Å². The van der Waals surface area contributed by atoms with Crippen LogP contribution in [0.25, 0.3) is 4.96 Å². The quantitative estimate of drug-likeness (QED) is 0.893. The molecule has 17 heavy (non-hydrogen) atoms. The van der Waals surface area contributed by atoms with Crippen molar-refractivity contribution in [2.45, 2.75) is 27.2 Å². The molecule has 0 aliphatic rings. The summed E-state index contributed by atoms with van der Waals surface area (Å²) in [6.45, 7) is 5.57. The molecule has 1 unspecified atom stereocenters. The van der Waals surface area contributed by atoms with Crippen LogP contribution in [0, 0.1) is 11.3 Å². The number of rotatable bonds is 4. The van der Waals surface area contributed by atoms with E-state index in [-0.39, 0.29) is 5.92 Å². The summed E-state index contributed by atoms with van der Waals surface area (Å²) in [4.78, 5) is 12.1. The van der Waals surface area contributed by atoms with Crippen LogP contribution in [-0.4, -0.2) is 30.9 Å². The standard InChI is InChI=1S/C10H14N4O2S/c1-6(2)10(3,8(15)16)4-7-13-14-5-11-12-9(14)17-7/h5-6H,4H2,1-3H3,(H,15,16). The maximum absolute atomic E-state index is 11.4. The molecule has 2 aromatic heterocycles. The van der Waals surface area contributed by atoms with Gasteiger partial charge in [0.1, 0.15) is 11.3 Å². The molecule has 0 saturated heterocycles. The highest BCUT2D eigenvalue weighted by atomic mass is 32.1. The Kier molecular flexibility index (Phi) is 2.86. The molecule has 2 aromatic rings. The van der Waals surface area contributed by atoms with Crippen LogP contribution in [0.3, 0.4) is 0 Å². The van der Waals surface area contributed by atoms with E-state index in [1.165, 1.54) is 17.7 Å². The van der Waals surface area contributed by atoms with Gasteiger partial charge >= 0.3 is 5.97 Å². The van der Waals surface area contributed by atoms with Gasteiger partial charge in [0.25, 0.3) is 0 Å². The minimum Gasteiger partial charge on any atom is -0.481 e. The Labute approximate surface area is 102 Å². The lowest BCUT2D eigenvalue weighted by atomic mass is 9.76. The molecule has 0 bridgehead atoms. The highest BCUT2D eigenvalue weighted by molar-refractivity contribution is 7.16. The van der Waals surface area contributed by atoms with Gasteiger partial charge in [0, 0.05) is 6.42 Å². The third kappa shape index (κ3) is 2.02. The molecule has 0 aliphatic heterocycles. The van der Waals surface area contributed by atoms with Crippen molar-refractivity contribution in [3.8, 4) is 0 Å². The molecule has 0 fully saturated rings. The van der Waals surface area contributed by atoms with E-state index >= 15 is 0 Å². The van der Waals surface area contributed by atoms with Gasteiger partial charge in [-0.3, -0.25) is 4.79 Å². The van der Waals surface area contributed by atoms with Gasteiger partial charge in [0.2, 0.25) is 4.96 Å². The maximum Gasteiger partial charge on any atom is 0.310 e. The fraction of sp³-hybridized carbons (Fsp3) is 0.600. The van der Waals surface area contributed by atoms with Gasteiger partial charge < -0.3 is 5.11 Å². The molecule has 92 valence electrons. The smallest absolute Gasteiger partial charge is 0.310 e. The number of hydrogen-bond donors (Lipinski definition) is 1. The third-order valence-corrected chi connectivity index (χ3v) is 4.12. The second-order valence-electron chi connectivity index (χ2n) is 4.61. The fourth-order valence-electron chi connectivity index (χ4n) is 1.51. The molecule has 2 rings (SSSR count). The fourth-order valence-corrected chi connectivity index (χ4v) is 2.49. The largest absolute Gasteiger partial charge is 0.481 e. The van der Waals surface area contributed by atoms with Crippen molar-refractivity contribution in [2.75, 3.05) is 0 Å². The molecule has 0 spiro atoms. The van der Waals surface area contributed by atoms with Crippen LogP contribution in [0.5, 0.6) is 0 Å². The minimum absolute atomic E-state index is 0.0364. The first-order chi connectivity index (χ1) is 7.93. The van der Waals surface area contributed by atoms with E-state index in [4.69, 9.17) is 0 Å². The molecule has 1 atom stereocenters. The zero-order valence-corrected chi connectivity index (χ0v) is 10.7. The van der Waals surface area contributed by atoms with Crippen LogP contribution in [0.15, 0.2) is 6.33 Å². The van der Waals surface area contributed by atoms with Gasteiger partial charge in [0.05, 0.1) is 5.41 Å². The van der Waals surface area contributed by atoms with Crippen molar-refractivity contribution in [2.24, 2.45) is 11.3 Å². The SMILES string of the molecule is CC(C)C(C)(Cc1nn2cnnc2s1)C(=O)O. The molecule has 7 heteroatoms. The predicted molar refractivity (Wildman–Crippen MR) is 62.9 cm³/mol. The zero-order chi connectivity index (χ0) is 12.6. The van der Waals surface area contributed by atoms with Crippen LogP contribution in [0.1, 0.15) is 25.8 Å². The number of carboxylic acids is 1. The van der Waals surface area contributed by atoms with Gasteiger partial charge in [0.15, 0.2) is 0 Å². The molecular weight excluding hydrogens is 240 g/mol. The molecule has 0 amide bonds. The Morgan fingerprint density at radius 1 is 1.65 bits per heavy atom. The topological polar surface area (TPSA) is 80.4 Å². The van der Waals surface area contributed by atoms with Crippen LogP contribution in [-0.2, 0) is 11.2 Å². The maximum atomic E-state index is 11.4. The van der Waals surface area contributed by atoms with Crippen LogP contribution in [0.4, 0.5) is 0 Å². The third-order valence-electron chi connectivity index (χ3n) is 3.21. The van der Waals surface area contributed by atoms with Gasteiger partial charge in [-0.2, -0.15) is 9.61 Å². The second kappa shape index (κ2) is 4.06. The van der Waals surface area contributed by atoms with E-state index in [1.54, 1.807) is 11.4 Å². The summed E-state index contributed by atoms with van der Waals surface area (Å²) in [5, 5.41) is 22.0. The van der Waals surface area contributed by atoms with Crippen LogP contribution >= 0.6 is 11.3 Å². The molecule has 2 heterocycles. The predicted octanol–water partition coefficient (Wildman–Crippen LogP) is 1.48.